The number of carbonyl (C=O) groups excluding carboxylic acids is 2. The van der Waals surface area contributed by atoms with Gasteiger partial charge in [0, 0.05) is 24.3 Å². The lowest BCUT2D eigenvalue weighted by atomic mass is 9.96. The van der Waals surface area contributed by atoms with E-state index in [1.54, 1.807) is 36.9 Å². The summed E-state index contributed by atoms with van der Waals surface area (Å²) in [6.45, 7) is 6.54. The van der Waals surface area contributed by atoms with Crippen LogP contribution in [0.25, 0.3) is 0 Å². The van der Waals surface area contributed by atoms with Crippen molar-refractivity contribution in [3.05, 3.63) is 59.2 Å². The van der Waals surface area contributed by atoms with Crippen molar-refractivity contribution in [3.8, 4) is 0 Å². The van der Waals surface area contributed by atoms with E-state index in [2.05, 4.69) is 10.0 Å². The van der Waals surface area contributed by atoms with Crippen LogP contribution in [-0.4, -0.2) is 44.0 Å². The molecule has 2 amide bonds. The van der Waals surface area contributed by atoms with Gasteiger partial charge < -0.3 is 10.2 Å². The average Bonchev–Trinajstić information content (AvgIpc) is 2.76. The van der Waals surface area contributed by atoms with E-state index < -0.39 is 10.0 Å². The number of hydrogen-bond donors (Lipinski definition) is 2. The van der Waals surface area contributed by atoms with Gasteiger partial charge in [-0.3, -0.25) is 14.3 Å². The monoisotopic (exact) mass is 457 g/mol. The first kappa shape index (κ1) is 23.8. The number of amides is 2. The number of carbonyl (C=O) groups is 2. The summed E-state index contributed by atoms with van der Waals surface area (Å²) in [4.78, 5) is 27.6. The number of likely N-dealkylation sites (tertiary alicyclic amines) is 1. The largest absolute Gasteiger partial charge is 0.338 e. The van der Waals surface area contributed by atoms with E-state index in [4.69, 9.17) is 0 Å². The summed E-state index contributed by atoms with van der Waals surface area (Å²) in [6.07, 6.45) is 1.97. The molecule has 1 atom stereocenters. The number of rotatable bonds is 7. The smallest absolute Gasteiger partial charge is 0.253 e. The highest BCUT2D eigenvalue weighted by Gasteiger charge is 2.29. The number of nitrogens with one attached hydrogen (secondary N) is 2. The second-order valence-electron chi connectivity index (χ2n) is 8.34. The molecular weight excluding hydrogens is 426 g/mol. The summed E-state index contributed by atoms with van der Waals surface area (Å²) in [5.74, 6) is -0.511. The van der Waals surface area contributed by atoms with E-state index in [-0.39, 0.29) is 23.5 Å². The number of aryl methyl sites for hydroxylation is 1. The topological polar surface area (TPSA) is 95.6 Å². The molecule has 32 heavy (non-hydrogen) atoms. The molecule has 7 nitrogen and oxygen atoms in total. The van der Waals surface area contributed by atoms with E-state index >= 15 is 0 Å². The maximum absolute atomic E-state index is 13.0. The predicted octanol–water partition coefficient (Wildman–Crippen LogP) is 3.95. The zero-order chi connectivity index (χ0) is 23.3. The van der Waals surface area contributed by atoms with Gasteiger partial charge in [0.1, 0.15) is 0 Å². The minimum atomic E-state index is -3.43. The van der Waals surface area contributed by atoms with Gasteiger partial charge in [-0.2, -0.15) is 0 Å². The number of benzene rings is 2. The Morgan fingerprint density at radius 2 is 1.75 bits per heavy atom. The lowest BCUT2D eigenvalue weighted by Gasteiger charge is -2.32. The second-order valence-corrected chi connectivity index (χ2v) is 10.2. The molecule has 172 valence electrons. The Hall–Kier alpha value is -2.87. The Labute approximate surface area is 190 Å². The maximum Gasteiger partial charge on any atom is 0.253 e. The van der Waals surface area contributed by atoms with Crippen LogP contribution in [0.2, 0.25) is 0 Å². The van der Waals surface area contributed by atoms with Crippen molar-refractivity contribution < 1.29 is 18.0 Å². The Kier molecular flexibility index (Phi) is 7.56. The molecule has 0 bridgehead atoms. The van der Waals surface area contributed by atoms with Gasteiger partial charge in [0.2, 0.25) is 15.9 Å². The van der Waals surface area contributed by atoms with Gasteiger partial charge in [-0.15, -0.1) is 0 Å². The molecule has 1 fully saturated rings. The normalized spacial score (nSPS) is 16.5. The first-order chi connectivity index (χ1) is 15.2. The van der Waals surface area contributed by atoms with Crippen molar-refractivity contribution in [2.75, 3.05) is 28.9 Å². The zero-order valence-electron chi connectivity index (χ0n) is 18.8. The van der Waals surface area contributed by atoms with Crippen molar-refractivity contribution in [2.45, 2.75) is 40.0 Å². The fraction of sp³-hybridized carbons (Fsp3) is 0.417. The summed E-state index contributed by atoms with van der Waals surface area (Å²) in [7, 11) is -3.43. The number of piperidine rings is 1. The highest BCUT2D eigenvalue weighted by atomic mass is 32.2. The Bertz CT molecular complexity index is 1080. The molecule has 0 spiro atoms. The number of sulfonamides is 1. The molecule has 1 aliphatic heterocycles. The third-order valence-corrected chi connectivity index (χ3v) is 7.18. The van der Waals surface area contributed by atoms with Gasteiger partial charge in [0.25, 0.3) is 5.91 Å². The minimum absolute atomic E-state index is 0.0376. The molecular formula is C24H31N3O4S. The first-order valence-electron chi connectivity index (χ1n) is 11.0. The Balaban J connectivity index is 1.68. The number of anilines is 2. The predicted molar refractivity (Wildman–Crippen MR) is 127 cm³/mol. The van der Waals surface area contributed by atoms with Gasteiger partial charge in [-0.05, 0) is 62.9 Å². The quantitative estimate of drug-likeness (QED) is 0.658. The van der Waals surface area contributed by atoms with Crippen molar-refractivity contribution in [1.29, 1.82) is 0 Å². The van der Waals surface area contributed by atoms with E-state index in [0.29, 0.717) is 48.4 Å². The van der Waals surface area contributed by atoms with E-state index in [0.717, 1.165) is 12.0 Å². The molecule has 2 N–H and O–H groups in total. The molecule has 0 aliphatic carbocycles. The van der Waals surface area contributed by atoms with Crippen molar-refractivity contribution >= 4 is 33.2 Å². The summed E-state index contributed by atoms with van der Waals surface area (Å²) < 4.78 is 26.9. The lowest BCUT2D eigenvalue weighted by Crippen LogP contribution is -2.43. The molecule has 0 saturated carbocycles. The van der Waals surface area contributed by atoms with Gasteiger partial charge in [0.05, 0.1) is 17.4 Å². The first-order valence-corrected chi connectivity index (χ1v) is 12.6. The molecule has 2 aromatic carbocycles. The van der Waals surface area contributed by atoms with Crippen LogP contribution in [0.3, 0.4) is 0 Å². The Morgan fingerprint density at radius 1 is 1.06 bits per heavy atom. The van der Waals surface area contributed by atoms with Crippen LogP contribution < -0.4 is 10.0 Å². The fourth-order valence-corrected chi connectivity index (χ4v) is 5.05. The fourth-order valence-electron chi connectivity index (χ4n) is 3.86. The third kappa shape index (κ3) is 5.88. The van der Waals surface area contributed by atoms with Crippen LogP contribution in [0, 0.1) is 19.8 Å². The van der Waals surface area contributed by atoms with Gasteiger partial charge in [-0.1, -0.05) is 30.7 Å². The SMILES string of the molecule is CCCS(=O)(=O)Nc1cccc(NC(=O)C2CCCN(C(=O)c3ccc(C)cc3)C2)c1C. The van der Waals surface area contributed by atoms with Crippen LogP contribution >= 0.6 is 0 Å². The van der Waals surface area contributed by atoms with Gasteiger partial charge in [0.15, 0.2) is 0 Å². The van der Waals surface area contributed by atoms with Gasteiger partial charge in [-0.25, -0.2) is 8.42 Å². The van der Waals surface area contributed by atoms with Gasteiger partial charge >= 0.3 is 0 Å². The highest BCUT2D eigenvalue weighted by Crippen LogP contribution is 2.26. The van der Waals surface area contributed by atoms with E-state index in [1.165, 1.54) is 0 Å². The van der Waals surface area contributed by atoms with Crippen LogP contribution in [0.1, 0.15) is 47.7 Å². The second kappa shape index (κ2) is 10.2. The van der Waals surface area contributed by atoms with Crippen LogP contribution in [0.5, 0.6) is 0 Å². The Morgan fingerprint density at radius 3 is 2.44 bits per heavy atom. The average molecular weight is 458 g/mol. The lowest BCUT2D eigenvalue weighted by molar-refractivity contribution is -0.121. The minimum Gasteiger partial charge on any atom is -0.338 e. The van der Waals surface area contributed by atoms with Crippen molar-refractivity contribution in [3.63, 3.8) is 0 Å². The molecule has 0 radical (unpaired) electrons. The standard InChI is InChI=1S/C24H31N3O4S/c1-4-15-32(30,31)26-22-9-5-8-21(18(22)3)25-23(28)20-7-6-14-27(16-20)24(29)19-12-10-17(2)11-13-19/h5,8-13,20,26H,4,6-7,14-16H2,1-3H3,(H,25,28). The molecule has 3 rings (SSSR count). The van der Waals surface area contributed by atoms with E-state index in [9.17, 15) is 18.0 Å². The molecule has 2 aromatic rings. The van der Waals surface area contributed by atoms with E-state index in [1.807, 2.05) is 31.2 Å². The van der Waals surface area contributed by atoms with Crippen LogP contribution in [0.15, 0.2) is 42.5 Å². The van der Waals surface area contributed by atoms with Crippen molar-refractivity contribution in [2.24, 2.45) is 5.92 Å². The molecule has 8 heteroatoms. The maximum atomic E-state index is 13.0. The van der Waals surface area contributed by atoms with Crippen molar-refractivity contribution in [1.82, 2.24) is 4.90 Å². The molecule has 1 saturated heterocycles. The number of hydrogen-bond acceptors (Lipinski definition) is 4. The highest BCUT2D eigenvalue weighted by molar-refractivity contribution is 7.92. The summed E-state index contributed by atoms with van der Waals surface area (Å²) in [5, 5.41) is 2.93. The van der Waals surface area contributed by atoms with Crippen LogP contribution in [0.4, 0.5) is 11.4 Å². The summed E-state index contributed by atoms with van der Waals surface area (Å²) in [6, 6.07) is 12.6. The van der Waals surface area contributed by atoms with Crippen LogP contribution in [-0.2, 0) is 14.8 Å². The molecule has 1 unspecified atom stereocenters. The summed E-state index contributed by atoms with van der Waals surface area (Å²) >= 11 is 0. The molecule has 1 aliphatic rings. The molecule has 0 aromatic heterocycles. The number of nitrogens with zero attached hydrogens (tertiary/aromatic N) is 1. The third-order valence-electron chi connectivity index (χ3n) is 5.71. The summed E-state index contributed by atoms with van der Waals surface area (Å²) in [5.41, 5.74) is 3.39. The zero-order valence-corrected chi connectivity index (χ0v) is 19.7. The molecule has 1 heterocycles.